The van der Waals surface area contributed by atoms with E-state index in [1.54, 1.807) is 26.5 Å². The monoisotopic (exact) mass is 530 g/mol. The second-order valence-electron chi connectivity index (χ2n) is 10.9. The first-order valence-corrected chi connectivity index (χ1v) is 13.5. The number of nitrogens with two attached hydrogens (primary N) is 1. The summed E-state index contributed by atoms with van der Waals surface area (Å²) >= 11 is 0. The van der Waals surface area contributed by atoms with Gasteiger partial charge in [0.25, 0.3) is 0 Å². The normalized spacial score (nSPS) is 23.3. The molecule has 3 fully saturated rings. The zero-order valence-electron chi connectivity index (χ0n) is 22.6. The highest BCUT2D eigenvalue weighted by Crippen LogP contribution is 2.49. The van der Waals surface area contributed by atoms with Gasteiger partial charge in [-0.05, 0) is 82.0 Å². The lowest BCUT2D eigenvalue weighted by molar-refractivity contribution is -0.134. The summed E-state index contributed by atoms with van der Waals surface area (Å²) in [5, 5.41) is 0.787. The Bertz CT molecular complexity index is 1410. The molecule has 39 heavy (non-hydrogen) atoms. The van der Waals surface area contributed by atoms with Crippen LogP contribution in [0.4, 0.5) is 5.69 Å². The van der Waals surface area contributed by atoms with Crippen molar-refractivity contribution in [1.29, 1.82) is 0 Å². The second-order valence-corrected chi connectivity index (χ2v) is 10.9. The molecule has 0 radical (unpaired) electrons. The topological polar surface area (TPSA) is 107 Å². The number of amides is 2. The van der Waals surface area contributed by atoms with Crippen molar-refractivity contribution < 1.29 is 23.8 Å². The lowest BCUT2D eigenvalue weighted by Crippen LogP contribution is -2.54. The van der Waals surface area contributed by atoms with Crippen LogP contribution in [0.15, 0.2) is 48.7 Å². The van der Waals surface area contributed by atoms with Gasteiger partial charge in [0.05, 0.1) is 19.7 Å². The molecule has 2 amide bonds. The van der Waals surface area contributed by atoms with Gasteiger partial charge in [-0.3, -0.25) is 14.6 Å². The Morgan fingerprint density at radius 2 is 1.62 bits per heavy atom. The number of methoxy groups -OCH3 is 2. The van der Waals surface area contributed by atoms with E-state index in [2.05, 4.69) is 16.9 Å². The molecule has 0 spiro atoms. The predicted molar refractivity (Wildman–Crippen MR) is 147 cm³/mol. The number of primary amides is 1. The molecule has 3 aliphatic rings. The number of hydrogen-bond donors (Lipinski definition) is 1. The van der Waals surface area contributed by atoms with Gasteiger partial charge >= 0.3 is 0 Å². The summed E-state index contributed by atoms with van der Waals surface area (Å²) in [5.74, 6) is 1.73. The third-order valence-corrected chi connectivity index (χ3v) is 8.84. The van der Waals surface area contributed by atoms with Gasteiger partial charge < -0.3 is 29.7 Å². The number of benzene rings is 2. The minimum absolute atomic E-state index is 0.0291. The minimum Gasteiger partial charge on any atom is -0.493 e. The average molecular weight is 531 g/mol. The van der Waals surface area contributed by atoms with E-state index in [-0.39, 0.29) is 11.9 Å². The van der Waals surface area contributed by atoms with Gasteiger partial charge in [-0.15, -0.1) is 0 Å². The molecule has 0 unspecified atom stereocenters. The van der Waals surface area contributed by atoms with Gasteiger partial charge in [-0.1, -0.05) is 0 Å². The van der Waals surface area contributed by atoms with Crippen molar-refractivity contribution in [3.05, 3.63) is 48.7 Å². The molecule has 2 saturated heterocycles. The number of pyridine rings is 1. The summed E-state index contributed by atoms with van der Waals surface area (Å²) in [6.45, 7) is 0. The molecule has 3 aromatic rings. The number of fused-ring (bicyclic) bond motifs is 3. The molecule has 9 heteroatoms. The Kier molecular flexibility index (Phi) is 6.33. The first kappa shape index (κ1) is 25.4. The van der Waals surface area contributed by atoms with E-state index in [0.29, 0.717) is 47.9 Å². The van der Waals surface area contributed by atoms with Crippen molar-refractivity contribution in [2.24, 2.45) is 11.1 Å². The van der Waals surface area contributed by atoms with E-state index in [1.165, 1.54) is 0 Å². The van der Waals surface area contributed by atoms with Gasteiger partial charge in [0.1, 0.15) is 16.9 Å². The van der Waals surface area contributed by atoms with Crippen LogP contribution in [0.3, 0.4) is 0 Å². The zero-order valence-corrected chi connectivity index (χ0v) is 22.6. The van der Waals surface area contributed by atoms with Crippen LogP contribution in [-0.2, 0) is 9.59 Å². The fraction of sp³-hybridized carbons (Fsp3) is 0.433. The third-order valence-electron chi connectivity index (χ3n) is 8.84. The number of aromatic nitrogens is 1. The van der Waals surface area contributed by atoms with Gasteiger partial charge in [0, 0.05) is 41.5 Å². The smallest absolute Gasteiger partial charge is 0.242 e. The maximum atomic E-state index is 13.9. The predicted octanol–water partition coefficient (Wildman–Crippen LogP) is 4.27. The van der Waals surface area contributed by atoms with Crippen molar-refractivity contribution in [2.75, 3.05) is 26.2 Å². The molecule has 6 rings (SSSR count). The van der Waals surface area contributed by atoms with Crippen LogP contribution in [0.5, 0.6) is 23.0 Å². The van der Waals surface area contributed by atoms with Crippen molar-refractivity contribution in [3.63, 3.8) is 0 Å². The number of rotatable bonds is 8. The maximum absolute atomic E-state index is 13.9. The third kappa shape index (κ3) is 4.34. The summed E-state index contributed by atoms with van der Waals surface area (Å²) in [6, 6.07) is 13.9. The van der Waals surface area contributed by atoms with Crippen molar-refractivity contribution >= 4 is 28.4 Å². The fourth-order valence-electron chi connectivity index (χ4n) is 6.35. The Morgan fingerprint density at radius 1 is 0.974 bits per heavy atom. The number of piperidine rings is 1. The first-order valence-electron chi connectivity index (χ1n) is 13.5. The highest BCUT2D eigenvalue weighted by molar-refractivity contribution is 6.14. The summed E-state index contributed by atoms with van der Waals surface area (Å²) < 4.78 is 17.1. The SMILES string of the molecule is COc1cc2nccc(Oc3ccc(N(C(=O)C4(C(N)=O)CC4)[C@H]4C[C@H]5CC[C@@H](C4)N5C)cc3)c2cc1OC. The van der Waals surface area contributed by atoms with Gasteiger partial charge in [-0.2, -0.15) is 0 Å². The van der Waals surface area contributed by atoms with Crippen LogP contribution in [0.2, 0.25) is 0 Å². The molecule has 204 valence electrons. The van der Waals surface area contributed by atoms with E-state index in [4.69, 9.17) is 19.9 Å². The van der Waals surface area contributed by atoms with Gasteiger partial charge in [0.15, 0.2) is 11.5 Å². The Morgan fingerprint density at radius 3 is 2.21 bits per heavy atom. The van der Waals surface area contributed by atoms with E-state index >= 15 is 0 Å². The van der Waals surface area contributed by atoms with Crippen LogP contribution in [0, 0.1) is 5.41 Å². The quantitative estimate of drug-likeness (QED) is 0.434. The molecule has 2 bridgehead atoms. The first-order chi connectivity index (χ1) is 18.8. The Labute approximate surface area is 227 Å². The maximum Gasteiger partial charge on any atom is 0.242 e. The Balaban J connectivity index is 1.30. The molecule has 9 nitrogen and oxygen atoms in total. The molecule has 2 N–H and O–H groups in total. The van der Waals surface area contributed by atoms with Crippen LogP contribution in [-0.4, -0.2) is 61.1 Å². The molecule has 1 saturated carbocycles. The number of anilines is 1. The van der Waals surface area contributed by atoms with Crippen LogP contribution in [0.1, 0.15) is 38.5 Å². The standard InChI is InChI=1S/C30H34N4O5/c1-33-19-4-5-20(33)15-21(14-19)34(29(36)30(11-12-30)28(31)35)18-6-8-22(9-7-18)39-25-10-13-32-24-17-27(38-3)26(37-2)16-23(24)25/h6-10,13,16-17,19-21H,4-5,11-12,14-15H2,1-3H3,(H2,31,35)/t19-,20+,21+. The highest BCUT2D eigenvalue weighted by Gasteiger charge is 2.58. The number of carbonyl (C=O) groups is 2. The lowest BCUT2D eigenvalue weighted by Gasteiger charge is -2.42. The van der Waals surface area contributed by atoms with Gasteiger partial charge in [-0.25, -0.2) is 0 Å². The van der Waals surface area contributed by atoms with E-state index in [1.807, 2.05) is 41.3 Å². The molecule has 1 aromatic heterocycles. The fourth-order valence-corrected chi connectivity index (χ4v) is 6.35. The largest absolute Gasteiger partial charge is 0.493 e. The van der Waals surface area contributed by atoms with Gasteiger partial charge in [0.2, 0.25) is 11.8 Å². The van der Waals surface area contributed by atoms with E-state index < -0.39 is 11.3 Å². The lowest BCUT2D eigenvalue weighted by atomic mass is 9.93. The molecule has 3 atom stereocenters. The highest BCUT2D eigenvalue weighted by atomic mass is 16.5. The number of hydrogen-bond acceptors (Lipinski definition) is 7. The average Bonchev–Trinajstić information content (AvgIpc) is 3.73. The summed E-state index contributed by atoms with van der Waals surface area (Å²) in [4.78, 5) is 34.9. The molecule has 3 heterocycles. The van der Waals surface area contributed by atoms with Crippen LogP contribution in [0.25, 0.3) is 10.9 Å². The molecule has 1 aliphatic carbocycles. The van der Waals surface area contributed by atoms with E-state index in [9.17, 15) is 9.59 Å². The van der Waals surface area contributed by atoms with Crippen molar-refractivity contribution in [3.8, 4) is 23.0 Å². The molecular weight excluding hydrogens is 496 g/mol. The number of ether oxygens (including phenoxy) is 3. The summed E-state index contributed by atoms with van der Waals surface area (Å²) in [6.07, 6.45) is 6.78. The number of nitrogens with zero attached hydrogens (tertiary/aromatic N) is 3. The second kappa shape index (κ2) is 9.72. The molecule has 2 aromatic carbocycles. The number of carbonyl (C=O) groups excluding carboxylic acids is 2. The van der Waals surface area contributed by atoms with E-state index in [0.717, 1.165) is 42.3 Å². The van der Waals surface area contributed by atoms with Crippen molar-refractivity contribution in [2.45, 2.75) is 56.7 Å². The molecule has 2 aliphatic heterocycles. The summed E-state index contributed by atoms with van der Waals surface area (Å²) in [7, 11) is 5.35. The zero-order chi connectivity index (χ0) is 27.3. The van der Waals surface area contributed by atoms with Crippen LogP contribution >= 0.6 is 0 Å². The summed E-state index contributed by atoms with van der Waals surface area (Å²) in [5.41, 5.74) is 6.13. The van der Waals surface area contributed by atoms with Crippen molar-refractivity contribution in [1.82, 2.24) is 9.88 Å². The minimum atomic E-state index is -1.08. The Hall–Kier alpha value is -3.85. The van der Waals surface area contributed by atoms with Crippen LogP contribution < -0.4 is 24.8 Å². The molecular formula is C30H34N4O5.